The van der Waals surface area contributed by atoms with E-state index >= 15 is 0 Å². The number of sulfonamides is 1. The molecule has 0 aromatic heterocycles. The Morgan fingerprint density at radius 3 is 2.30 bits per heavy atom. The van der Waals surface area contributed by atoms with Crippen molar-refractivity contribution in [3.05, 3.63) is 29.3 Å². The Hall–Kier alpha value is -0.670. The van der Waals surface area contributed by atoms with E-state index in [-0.39, 0.29) is 27.5 Å². The van der Waals surface area contributed by atoms with E-state index in [4.69, 9.17) is 11.6 Å². The zero-order valence-corrected chi connectivity index (χ0v) is 14.9. The summed E-state index contributed by atoms with van der Waals surface area (Å²) in [6.07, 6.45) is 0.638. The maximum atomic E-state index is 12.7. The molecule has 0 bridgehead atoms. The van der Waals surface area contributed by atoms with E-state index in [1.807, 2.05) is 0 Å². The van der Waals surface area contributed by atoms with Crippen LogP contribution in [-0.4, -0.2) is 69.8 Å². The molecule has 0 saturated carbocycles. The van der Waals surface area contributed by atoms with Gasteiger partial charge in [0.05, 0.1) is 16.5 Å². The number of piperazine rings is 1. The molecule has 128 valence electrons. The first kappa shape index (κ1) is 17.2. The summed E-state index contributed by atoms with van der Waals surface area (Å²) in [5.74, 6) is 0.417. The average Bonchev–Trinajstić information content (AvgIpc) is 2.88. The first-order valence-corrected chi connectivity index (χ1v) is 11.1. The Kier molecular flexibility index (Phi) is 4.72. The molecule has 0 spiro atoms. The average molecular weight is 379 g/mol. The standard InChI is InChI=1S/C14H19ClN2O4S2/c15-13-3-1-2-4-14(13)23(20,21)17-8-6-16(7-9-17)12-5-10-22(18,19)11-12/h1-4,12H,5-11H2/t12-/m0/s1. The van der Waals surface area contributed by atoms with Crippen LogP contribution in [0.2, 0.25) is 5.02 Å². The Labute approximate surface area is 142 Å². The predicted molar refractivity (Wildman–Crippen MR) is 88.8 cm³/mol. The monoisotopic (exact) mass is 378 g/mol. The fourth-order valence-electron chi connectivity index (χ4n) is 3.17. The van der Waals surface area contributed by atoms with Crippen molar-refractivity contribution >= 4 is 31.5 Å². The van der Waals surface area contributed by atoms with Gasteiger partial charge in [-0.05, 0) is 18.6 Å². The number of nitrogens with zero attached hydrogens (tertiary/aromatic N) is 2. The van der Waals surface area contributed by atoms with Crippen molar-refractivity contribution in [3.8, 4) is 0 Å². The quantitative estimate of drug-likeness (QED) is 0.778. The molecule has 9 heteroatoms. The van der Waals surface area contributed by atoms with Crippen LogP contribution in [0, 0.1) is 0 Å². The molecule has 1 atom stereocenters. The first-order chi connectivity index (χ1) is 10.8. The summed E-state index contributed by atoms with van der Waals surface area (Å²) in [6, 6.07) is 6.44. The van der Waals surface area contributed by atoms with Crippen molar-refractivity contribution in [1.82, 2.24) is 9.21 Å². The summed E-state index contributed by atoms with van der Waals surface area (Å²) in [5.41, 5.74) is 0. The topological polar surface area (TPSA) is 74.8 Å². The highest BCUT2D eigenvalue weighted by molar-refractivity contribution is 7.91. The Morgan fingerprint density at radius 1 is 1.09 bits per heavy atom. The summed E-state index contributed by atoms with van der Waals surface area (Å²) in [6.45, 7) is 1.79. The van der Waals surface area contributed by atoms with Crippen LogP contribution in [0.3, 0.4) is 0 Å². The number of hydrogen-bond acceptors (Lipinski definition) is 5. The van der Waals surface area contributed by atoms with Crippen molar-refractivity contribution in [2.45, 2.75) is 17.4 Å². The molecule has 6 nitrogen and oxygen atoms in total. The van der Waals surface area contributed by atoms with Gasteiger partial charge >= 0.3 is 0 Å². The van der Waals surface area contributed by atoms with Gasteiger partial charge < -0.3 is 0 Å². The number of sulfone groups is 1. The van der Waals surface area contributed by atoms with E-state index in [1.165, 1.54) is 10.4 Å². The fourth-order valence-corrected chi connectivity index (χ4v) is 6.84. The van der Waals surface area contributed by atoms with Crippen LogP contribution in [0.4, 0.5) is 0 Å². The number of rotatable bonds is 3. The lowest BCUT2D eigenvalue weighted by atomic mass is 10.2. The molecule has 3 rings (SSSR count). The molecular formula is C14H19ClN2O4S2. The second kappa shape index (κ2) is 6.33. The molecule has 2 saturated heterocycles. The minimum Gasteiger partial charge on any atom is -0.297 e. The molecular weight excluding hydrogens is 360 g/mol. The summed E-state index contributed by atoms with van der Waals surface area (Å²) >= 11 is 6.01. The van der Waals surface area contributed by atoms with Gasteiger partial charge in [-0.2, -0.15) is 4.31 Å². The highest BCUT2D eigenvalue weighted by Crippen LogP contribution is 2.26. The predicted octanol–water partition coefficient (Wildman–Crippen LogP) is 0.833. The summed E-state index contributed by atoms with van der Waals surface area (Å²) in [7, 11) is -6.53. The molecule has 2 aliphatic heterocycles. The van der Waals surface area contributed by atoms with E-state index in [0.717, 1.165) is 0 Å². The van der Waals surface area contributed by atoms with Gasteiger partial charge in [0, 0.05) is 32.2 Å². The highest BCUT2D eigenvalue weighted by Gasteiger charge is 2.36. The summed E-state index contributed by atoms with van der Waals surface area (Å²) < 4.78 is 49.9. The molecule has 0 aliphatic carbocycles. The van der Waals surface area contributed by atoms with E-state index in [1.54, 1.807) is 18.2 Å². The van der Waals surface area contributed by atoms with Crippen molar-refractivity contribution in [2.24, 2.45) is 0 Å². The van der Waals surface area contributed by atoms with E-state index in [0.29, 0.717) is 32.6 Å². The van der Waals surface area contributed by atoms with E-state index < -0.39 is 19.9 Å². The van der Waals surface area contributed by atoms with Crippen molar-refractivity contribution in [3.63, 3.8) is 0 Å². The zero-order chi connectivity index (χ0) is 16.7. The fraction of sp³-hybridized carbons (Fsp3) is 0.571. The van der Waals surface area contributed by atoms with Gasteiger partial charge in [0.25, 0.3) is 0 Å². The summed E-state index contributed by atoms with van der Waals surface area (Å²) in [4.78, 5) is 2.21. The third-order valence-electron chi connectivity index (χ3n) is 4.45. The molecule has 23 heavy (non-hydrogen) atoms. The molecule has 2 aliphatic rings. The molecule has 1 aromatic rings. The minimum absolute atomic E-state index is 0.0187. The smallest absolute Gasteiger partial charge is 0.244 e. The van der Waals surface area contributed by atoms with Crippen LogP contribution >= 0.6 is 11.6 Å². The summed E-state index contributed by atoms with van der Waals surface area (Å²) in [5, 5.41) is 0.219. The van der Waals surface area contributed by atoms with Crippen molar-refractivity contribution < 1.29 is 16.8 Å². The lowest BCUT2D eigenvalue weighted by Gasteiger charge is -2.37. The molecule has 0 N–H and O–H groups in total. The second-order valence-electron chi connectivity index (χ2n) is 5.93. The van der Waals surface area contributed by atoms with E-state index in [2.05, 4.69) is 4.90 Å². The van der Waals surface area contributed by atoms with Crippen LogP contribution in [0.15, 0.2) is 29.2 Å². The van der Waals surface area contributed by atoms with Crippen molar-refractivity contribution in [2.75, 3.05) is 37.7 Å². The minimum atomic E-state index is -3.61. The second-order valence-corrected chi connectivity index (χ2v) is 10.5. The lowest BCUT2D eigenvalue weighted by molar-refractivity contribution is 0.148. The Bertz CT molecular complexity index is 787. The van der Waals surface area contributed by atoms with Crippen LogP contribution in [0.5, 0.6) is 0 Å². The Balaban J connectivity index is 1.68. The number of halogens is 1. The number of benzene rings is 1. The van der Waals surface area contributed by atoms with Crippen LogP contribution in [-0.2, 0) is 19.9 Å². The van der Waals surface area contributed by atoms with Crippen LogP contribution < -0.4 is 0 Å². The SMILES string of the molecule is O=S1(=O)CC[C@H](N2CCN(S(=O)(=O)c3ccccc3Cl)CC2)C1. The van der Waals surface area contributed by atoms with Gasteiger partial charge in [0.15, 0.2) is 9.84 Å². The molecule has 0 radical (unpaired) electrons. The van der Waals surface area contributed by atoms with Gasteiger partial charge in [0.1, 0.15) is 4.90 Å². The molecule has 2 fully saturated rings. The van der Waals surface area contributed by atoms with Crippen LogP contribution in [0.1, 0.15) is 6.42 Å². The largest absolute Gasteiger partial charge is 0.297 e. The number of hydrogen-bond donors (Lipinski definition) is 0. The van der Waals surface area contributed by atoms with Crippen LogP contribution in [0.25, 0.3) is 0 Å². The molecule has 1 aromatic carbocycles. The lowest BCUT2D eigenvalue weighted by Crippen LogP contribution is -2.52. The highest BCUT2D eigenvalue weighted by atomic mass is 35.5. The van der Waals surface area contributed by atoms with Gasteiger partial charge in [-0.15, -0.1) is 0 Å². The van der Waals surface area contributed by atoms with Gasteiger partial charge in [-0.25, -0.2) is 16.8 Å². The van der Waals surface area contributed by atoms with Crippen molar-refractivity contribution in [1.29, 1.82) is 0 Å². The Morgan fingerprint density at radius 2 is 1.74 bits per heavy atom. The zero-order valence-electron chi connectivity index (χ0n) is 12.6. The molecule has 2 heterocycles. The third-order valence-corrected chi connectivity index (χ3v) is 8.60. The normalized spacial score (nSPS) is 26.4. The van der Waals surface area contributed by atoms with Gasteiger partial charge in [-0.3, -0.25) is 4.90 Å². The third kappa shape index (κ3) is 3.56. The maximum Gasteiger partial charge on any atom is 0.244 e. The van der Waals surface area contributed by atoms with Gasteiger partial charge in [-0.1, -0.05) is 23.7 Å². The van der Waals surface area contributed by atoms with Gasteiger partial charge in [0.2, 0.25) is 10.0 Å². The molecule has 0 unspecified atom stereocenters. The van der Waals surface area contributed by atoms with E-state index in [9.17, 15) is 16.8 Å². The maximum absolute atomic E-state index is 12.7. The first-order valence-electron chi connectivity index (χ1n) is 7.49. The molecule has 0 amide bonds.